The van der Waals surface area contributed by atoms with Gasteiger partial charge in [0.25, 0.3) is 0 Å². The summed E-state index contributed by atoms with van der Waals surface area (Å²) in [6, 6.07) is 12.0. The molecule has 1 N–H and O–H groups in total. The summed E-state index contributed by atoms with van der Waals surface area (Å²) in [5.74, 6) is -1.77. The van der Waals surface area contributed by atoms with Gasteiger partial charge < -0.3 is 5.32 Å². The summed E-state index contributed by atoms with van der Waals surface area (Å²) in [4.78, 5) is 12.3. The average molecular weight is 422 g/mol. The number of sulfonamides is 1. The summed E-state index contributed by atoms with van der Waals surface area (Å²) in [5.41, 5.74) is 0.568. The number of halogens is 2. The van der Waals surface area contributed by atoms with Crippen LogP contribution < -0.4 is 5.32 Å². The largest absolute Gasteiger partial charge is 0.356 e. The lowest BCUT2D eigenvalue weighted by molar-refractivity contribution is -0.121. The molecule has 1 fully saturated rings. The third kappa shape index (κ3) is 5.61. The number of amides is 1. The summed E-state index contributed by atoms with van der Waals surface area (Å²) in [7, 11) is -3.47. The van der Waals surface area contributed by atoms with Crippen LogP contribution in [-0.2, 0) is 21.2 Å². The van der Waals surface area contributed by atoms with Gasteiger partial charge in [-0.05, 0) is 55.0 Å². The van der Waals surface area contributed by atoms with Crippen molar-refractivity contribution >= 4 is 15.9 Å². The molecule has 2 aromatic carbocycles. The molecule has 0 atom stereocenters. The molecule has 2 aromatic rings. The Morgan fingerprint density at radius 3 is 2.38 bits per heavy atom. The molecule has 156 valence electrons. The van der Waals surface area contributed by atoms with Crippen molar-refractivity contribution in [3.8, 4) is 0 Å². The molecule has 0 spiro atoms. The Labute approximate surface area is 169 Å². The molecule has 8 heteroatoms. The molecule has 3 rings (SSSR count). The van der Waals surface area contributed by atoms with Crippen molar-refractivity contribution in [3.63, 3.8) is 0 Å². The number of rotatable bonds is 7. The van der Waals surface area contributed by atoms with Crippen LogP contribution in [0.4, 0.5) is 8.78 Å². The van der Waals surface area contributed by atoms with Gasteiger partial charge in [0.05, 0.1) is 4.90 Å². The highest BCUT2D eigenvalue weighted by atomic mass is 32.2. The van der Waals surface area contributed by atoms with Gasteiger partial charge in [-0.2, -0.15) is 4.31 Å². The predicted molar refractivity (Wildman–Crippen MR) is 106 cm³/mol. The van der Waals surface area contributed by atoms with Crippen LogP contribution in [0.5, 0.6) is 0 Å². The van der Waals surface area contributed by atoms with Crippen molar-refractivity contribution in [2.75, 3.05) is 19.6 Å². The third-order valence-corrected chi connectivity index (χ3v) is 7.08. The van der Waals surface area contributed by atoms with Crippen LogP contribution in [0.1, 0.15) is 24.8 Å². The minimum Gasteiger partial charge on any atom is -0.356 e. The Kier molecular flexibility index (Phi) is 6.97. The fourth-order valence-corrected chi connectivity index (χ4v) is 4.89. The van der Waals surface area contributed by atoms with Crippen LogP contribution in [0.2, 0.25) is 0 Å². The molecule has 0 radical (unpaired) electrons. The molecule has 29 heavy (non-hydrogen) atoms. The Bertz CT molecular complexity index is 944. The van der Waals surface area contributed by atoms with E-state index in [1.54, 1.807) is 30.3 Å². The maximum atomic E-state index is 13.2. The second-order valence-corrected chi connectivity index (χ2v) is 9.15. The lowest BCUT2D eigenvalue weighted by Crippen LogP contribution is -2.41. The van der Waals surface area contributed by atoms with Gasteiger partial charge in [0.2, 0.25) is 15.9 Å². The van der Waals surface area contributed by atoms with E-state index < -0.39 is 21.7 Å². The van der Waals surface area contributed by atoms with Crippen molar-refractivity contribution in [2.24, 2.45) is 5.92 Å². The monoisotopic (exact) mass is 422 g/mol. The van der Waals surface area contributed by atoms with E-state index in [1.807, 2.05) is 0 Å². The number of carbonyl (C=O) groups is 1. The number of aryl methyl sites for hydroxylation is 1. The maximum Gasteiger partial charge on any atom is 0.243 e. The van der Waals surface area contributed by atoms with Gasteiger partial charge in [0.1, 0.15) is 0 Å². The average Bonchev–Trinajstić information content (AvgIpc) is 2.74. The number of piperidine rings is 1. The normalized spacial score (nSPS) is 15.9. The Morgan fingerprint density at radius 2 is 1.72 bits per heavy atom. The van der Waals surface area contributed by atoms with Crippen molar-refractivity contribution in [1.82, 2.24) is 9.62 Å². The molecule has 5 nitrogen and oxygen atoms in total. The lowest BCUT2D eigenvalue weighted by atomic mass is 9.98. The highest BCUT2D eigenvalue weighted by molar-refractivity contribution is 7.89. The standard InChI is InChI=1S/C21H24F2N2O3S/c22-19-8-6-16(14-20(19)23)7-9-21(26)24-15-17-10-12-25(13-11-17)29(27,28)18-4-2-1-3-5-18/h1-6,8,14,17H,7,9-13,15H2,(H,24,26). The molecule has 0 saturated carbocycles. The Morgan fingerprint density at radius 1 is 1.03 bits per heavy atom. The van der Waals surface area contributed by atoms with E-state index in [-0.39, 0.29) is 18.2 Å². The molecule has 0 bridgehead atoms. The van der Waals surface area contributed by atoms with E-state index in [0.717, 1.165) is 12.1 Å². The van der Waals surface area contributed by atoms with Gasteiger partial charge in [0.15, 0.2) is 11.6 Å². The van der Waals surface area contributed by atoms with Gasteiger partial charge in [-0.25, -0.2) is 17.2 Å². The number of hydrogen-bond acceptors (Lipinski definition) is 3. The van der Waals surface area contributed by atoms with Crippen LogP contribution in [-0.4, -0.2) is 38.3 Å². The summed E-state index contributed by atoms with van der Waals surface area (Å²) >= 11 is 0. The molecule has 1 saturated heterocycles. The topological polar surface area (TPSA) is 66.5 Å². The smallest absolute Gasteiger partial charge is 0.243 e. The summed E-state index contributed by atoms with van der Waals surface area (Å²) < 4.78 is 52.9. The fraction of sp³-hybridized carbons (Fsp3) is 0.381. The SMILES string of the molecule is O=C(CCc1ccc(F)c(F)c1)NCC1CCN(S(=O)(=O)c2ccccc2)CC1. The van der Waals surface area contributed by atoms with Gasteiger partial charge in [0, 0.05) is 26.1 Å². The number of nitrogens with zero attached hydrogens (tertiary/aromatic N) is 1. The Hall–Kier alpha value is -2.32. The van der Waals surface area contributed by atoms with E-state index in [4.69, 9.17) is 0 Å². The Balaban J connectivity index is 1.41. The fourth-order valence-electron chi connectivity index (χ4n) is 3.39. The van der Waals surface area contributed by atoms with Crippen LogP contribution in [0.25, 0.3) is 0 Å². The first-order valence-electron chi connectivity index (χ1n) is 9.62. The zero-order valence-electron chi connectivity index (χ0n) is 16.0. The van der Waals surface area contributed by atoms with Crippen LogP contribution >= 0.6 is 0 Å². The van der Waals surface area contributed by atoms with Gasteiger partial charge in [-0.3, -0.25) is 4.79 Å². The van der Waals surface area contributed by atoms with Crippen molar-refractivity contribution < 1.29 is 22.0 Å². The third-order valence-electron chi connectivity index (χ3n) is 5.17. The van der Waals surface area contributed by atoms with Gasteiger partial charge in [-0.15, -0.1) is 0 Å². The van der Waals surface area contributed by atoms with Gasteiger partial charge >= 0.3 is 0 Å². The zero-order valence-corrected chi connectivity index (χ0v) is 16.8. The number of benzene rings is 2. The van der Waals surface area contributed by atoms with E-state index >= 15 is 0 Å². The first-order chi connectivity index (χ1) is 13.9. The van der Waals surface area contributed by atoms with Crippen LogP contribution in [0.3, 0.4) is 0 Å². The van der Waals surface area contributed by atoms with Crippen molar-refractivity contribution in [3.05, 3.63) is 65.7 Å². The summed E-state index contributed by atoms with van der Waals surface area (Å²) in [6.07, 6.45) is 1.87. The zero-order chi connectivity index (χ0) is 20.9. The van der Waals surface area contributed by atoms with Crippen LogP contribution in [0.15, 0.2) is 53.4 Å². The van der Waals surface area contributed by atoms with Gasteiger partial charge in [-0.1, -0.05) is 24.3 Å². The molecule has 1 amide bonds. The number of carbonyl (C=O) groups excluding carboxylic acids is 1. The second kappa shape index (κ2) is 9.45. The molecule has 0 aromatic heterocycles. The molecule has 1 aliphatic rings. The van der Waals surface area contributed by atoms with E-state index in [1.165, 1.54) is 10.4 Å². The number of hydrogen-bond donors (Lipinski definition) is 1. The summed E-state index contributed by atoms with van der Waals surface area (Å²) in [5, 5.41) is 2.86. The molecule has 0 unspecified atom stereocenters. The van der Waals surface area contributed by atoms with Crippen LogP contribution in [0, 0.1) is 17.6 Å². The molecular formula is C21H24F2N2O3S. The molecular weight excluding hydrogens is 398 g/mol. The first-order valence-corrected chi connectivity index (χ1v) is 11.1. The summed E-state index contributed by atoms with van der Waals surface area (Å²) in [6.45, 7) is 1.33. The van der Waals surface area contributed by atoms with Crippen molar-refractivity contribution in [1.29, 1.82) is 0 Å². The van der Waals surface area contributed by atoms with Crippen molar-refractivity contribution in [2.45, 2.75) is 30.6 Å². The molecule has 1 heterocycles. The molecule has 1 aliphatic heterocycles. The highest BCUT2D eigenvalue weighted by Gasteiger charge is 2.29. The first kappa shape index (κ1) is 21.4. The quantitative estimate of drug-likeness (QED) is 0.746. The second-order valence-electron chi connectivity index (χ2n) is 7.21. The van der Waals surface area contributed by atoms with E-state index in [9.17, 15) is 22.0 Å². The maximum absolute atomic E-state index is 13.2. The molecule has 0 aliphatic carbocycles. The minimum atomic E-state index is -3.47. The highest BCUT2D eigenvalue weighted by Crippen LogP contribution is 2.23. The predicted octanol–water partition coefficient (Wildman–Crippen LogP) is 3.11. The number of nitrogens with one attached hydrogen (secondary N) is 1. The van der Waals surface area contributed by atoms with E-state index in [2.05, 4.69) is 5.32 Å². The lowest BCUT2D eigenvalue weighted by Gasteiger charge is -2.31. The van der Waals surface area contributed by atoms with E-state index in [0.29, 0.717) is 49.4 Å². The minimum absolute atomic E-state index is 0.158.